The van der Waals surface area contributed by atoms with Crippen LogP contribution in [0.5, 0.6) is 17.2 Å². The van der Waals surface area contributed by atoms with Gasteiger partial charge in [0.15, 0.2) is 0 Å². The van der Waals surface area contributed by atoms with Gasteiger partial charge in [-0.3, -0.25) is 0 Å². The molecule has 43 heavy (non-hydrogen) atoms. The highest BCUT2D eigenvalue weighted by atomic mass is 35.5. The molecule has 3 aromatic carbocycles. The molecule has 3 aromatic rings. The molecule has 13 heteroatoms. The molecule has 0 bridgehead atoms. The van der Waals surface area contributed by atoms with Gasteiger partial charge in [-0.1, -0.05) is 71.2 Å². The molecule has 0 amide bonds. The lowest BCUT2D eigenvalue weighted by Gasteiger charge is -2.22. The van der Waals surface area contributed by atoms with Gasteiger partial charge >= 0.3 is 7.32 Å². The zero-order valence-electron chi connectivity index (χ0n) is 24.3. The minimum absolute atomic E-state index is 0.0403. The molecule has 0 fully saturated rings. The summed E-state index contributed by atoms with van der Waals surface area (Å²) in [5.41, 5.74) is 0.0272. The van der Waals surface area contributed by atoms with Crippen molar-refractivity contribution in [3.8, 4) is 17.2 Å². The van der Waals surface area contributed by atoms with E-state index in [2.05, 4.69) is 0 Å². The zero-order valence-corrected chi connectivity index (χ0v) is 26.6. The van der Waals surface area contributed by atoms with Gasteiger partial charge in [0, 0.05) is 0 Å². The van der Waals surface area contributed by atoms with E-state index < -0.39 is 24.0 Å². The molecule has 0 saturated carbocycles. The maximum Gasteiger partial charge on any atom is 0.642 e. The number of halogens is 3. The highest BCUT2D eigenvalue weighted by Gasteiger charge is 2.31. The molecule has 0 unspecified atom stereocenters. The Labute approximate surface area is 268 Å². The van der Waals surface area contributed by atoms with Crippen LogP contribution in [0.1, 0.15) is 16.7 Å². The van der Waals surface area contributed by atoms with Crippen LogP contribution in [0.15, 0.2) is 72.8 Å². The zero-order chi connectivity index (χ0) is 30.9. The monoisotopic (exact) mass is 656 g/mol. The molecule has 0 saturated heterocycles. The van der Waals surface area contributed by atoms with Crippen molar-refractivity contribution in [3.63, 3.8) is 0 Å². The molecule has 0 aliphatic heterocycles. The van der Waals surface area contributed by atoms with E-state index in [0.29, 0.717) is 19.8 Å². The normalized spacial score (nSPS) is 13.3. The summed E-state index contributed by atoms with van der Waals surface area (Å²) in [6.07, 6.45) is 0. The van der Waals surface area contributed by atoms with Crippen molar-refractivity contribution < 1.29 is 42.4 Å². The van der Waals surface area contributed by atoms with Crippen molar-refractivity contribution in [2.75, 3.05) is 41.2 Å². The highest BCUT2D eigenvalue weighted by molar-refractivity contribution is 6.40. The summed E-state index contributed by atoms with van der Waals surface area (Å²) >= 11 is 19.1. The molecule has 0 aromatic heterocycles. The summed E-state index contributed by atoms with van der Waals surface area (Å²) in [4.78, 5) is 0. The van der Waals surface area contributed by atoms with E-state index in [-0.39, 0.29) is 19.8 Å². The van der Waals surface area contributed by atoms with Crippen LogP contribution < -0.4 is 14.2 Å². The van der Waals surface area contributed by atoms with E-state index in [9.17, 15) is 0 Å². The second-order valence-electron chi connectivity index (χ2n) is 9.02. The average Bonchev–Trinajstić information content (AvgIpc) is 3.02. The smallest absolute Gasteiger partial charge is 0.497 e. The van der Waals surface area contributed by atoms with Crippen molar-refractivity contribution in [2.24, 2.45) is 0 Å². The van der Waals surface area contributed by atoms with Crippen molar-refractivity contribution in [2.45, 2.75) is 36.5 Å². The minimum atomic E-state index is -1.33. The lowest BCUT2D eigenvalue weighted by molar-refractivity contribution is -0.0107. The standard InChI is InChI=1S/C30H36BCl3O9/c1-35-25-10-4-22(5-11-25)16-38-19-28(32)41-31(42-29(33)20-39-17-23-6-12-26(36-2)13-7-23)43-30(34)21-40-18-24-8-14-27(37-3)15-9-24/h4-15,28-30H,16-21H2,1-3H3/t28-,29-,30-/m0/s1. The summed E-state index contributed by atoms with van der Waals surface area (Å²) in [7, 11) is 3.50. The first-order valence-electron chi connectivity index (χ1n) is 13.4. The molecule has 9 nitrogen and oxygen atoms in total. The van der Waals surface area contributed by atoms with Gasteiger partial charge in [0.05, 0.1) is 61.0 Å². The van der Waals surface area contributed by atoms with Crippen LogP contribution in [0.4, 0.5) is 0 Å². The number of hydrogen-bond donors (Lipinski definition) is 0. The summed E-state index contributed by atoms with van der Waals surface area (Å²) in [5.74, 6) is 2.27. The molecule has 0 heterocycles. The number of methoxy groups -OCH3 is 3. The molecule has 0 aliphatic carbocycles. The Morgan fingerprint density at radius 2 is 0.721 bits per heavy atom. The molecule has 234 valence electrons. The van der Waals surface area contributed by atoms with Crippen LogP contribution in [-0.2, 0) is 48.0 Å². The van der Waals surface area contributed by atoms with Gasteiger partial charge < -0.3 is 42.4 Å². The number of ether oxygens (including phenoxy) is 6. The first-order chi connectivity index (χ1) is 20.9. The van der Waals surface area contributed by atoms with Crippen molar-refractivity contribution >= 4 is 42.1 Å². The first-order valence-corrected chi connectivity index (χ1v) is 14.7. The van der Waals surface area contributed by atoms with Crippen LogP contribution in [0, 0.1) is 0 Å². The van der Waals surface area contributed by atoms with E-state index in [0.717, 1.165) is 33.9 Å². The van der Waals surface area contributed by atoms with E-state index in [1.165, 1.54) is 0 Å². The predicted octanol–water partition coefficient (Wildman–Crippen LogP) is 6.39. The fourth-order valence-electron chi connectivity index (χ4n) is 3.55. The lowest BCUT2D eigenvalue weighted by Crippen LogP contribution is -2.38. The van der Waals surface area contributed by atoms with Gasteiger partial charge in [0.2, 0.25) is 0 Å². The van der Waals surface area contributed by atoms with Gasteiger partial charge in [0.1, 0.15) is 33.9 Å². The van der Waals surface area contributed by atoms with Crippen LogP contribution in [0.3, 0.4) is 0 Å². The van der Waals surface area contributed by atoms with Gasteiger partial charge in [-0.25, -0.2) is 0 Å². The lowest BCUT2D eigenvalue weighted by atomic mass is 10.2. The molecule has 3 atom stereocenters. The van der Waals surface area contributed by atoms with Crippen molar-refractivity contribution in [3.05, 3.63) is 89.5 Å². The third kappa shape index (κ3) is 13.9. The summed E-state index contributed by atoms with van der Waals surface area (Å²) in [6.45, 7) is 1.07. The molecule has 0 aliphatic rings. The van der Waals surface area contributed by atoms with Crippen LogP contribution >= 0.6 is 34.8 Å². The molecule has 3 rings (SSSR count). The van der Waals surface area contributed by atoms with Gasteiger partial charge in [-0.05, 0) is 53.1 Å². The van der Waals surface area contributed by atoms with Crippen molar-refractivity contribution in [1.29, 1.82) is 0 Å². The fraction of sp³-hybridized carbons (Fsp3) is 0.400. The van der Waals surface area contributed by atoms with E-state index in [4.69, 9.17) is 77.2 Å². The van der Waals surface area contributed by atoms with E-state index in [1.807, 2.05) is 72.8 Å². The molecule has 0 spiro atoms. The number of hydrogen-bond acceptors (Lipinski definition) is 9. The first kappa shape index (κ1) is 35.2. The quantitative estimate of drug-likeness (QED) is 0.0956. The summed E-state index contributed by atoms with van der Waals surface area (Å²) in [5, 5.41) is 0. The summed E-state index contributed by atoms with van der Waals surface area (Å²) in [6, 6.07) is 22.5. The second-order valence-corrected chi connectivity index (χ2v) is 10.5. The third-order valence-corrected chi connectivity index (χ3v) is 6.49. The molecular weight excluding hydrogens is 621 g/mol. The minimum Gasteiger partial charge on any atom is -0.497 e. The van der Waals surface area contributed by atoms with Gasteiger partial charge in [-0.2, -0.15) is 0 Å². The SMILES string of the molecule is COc1ccc(COC[C@@H](Cl)OB(O[C@H](Cl)COCc2ccc(OC)cc2)O[C@H](Cl)COCc2ccc(OC)cc2)cc1. The number of alkyl halides is 3. The largest absolute Gasteiger partial charge is 0.642 e. The van der Waals surface area contributed by atoms with Crippen molar-refractivity contribution in [1.82, 2.24) is 0 Å². The van der Waals surface area contributed by atoms with E-state index >= 15 is 0 Å². The molecular formula is C30H36BCl3O9. The fourth-order valence-corrected chi connectivity index (χ4v) is 4.07. The highest BCUT2D eigenvalue weighted by Crippen LogP contribution is 2.17. The Morgan fingerprint density at radius 1 is 0.465 bits per heavy atom. The van der Waals surface area contributed by atoms with Crippen LogP contribution in [0.2, 0.25) is 0 Å². The Bertz CT molecular complexity index is 1010. The summed E-state index contributed by atoms with van der Waals surface area (Å²) < 4.78 is 49.7. The number of benzene rings is 3. The third-order valence-electron chi connectivity index (χ3n) is 5.81. The Balaban J connectivity index is 1.47. The van der Waals surface area contributed by atoms with Gasteiger partial charge in [0.25, 0.3) is 0 Å². The maximum atomic E-state index is 6.38. The molecule has 0 N–H and O–H groups in total. The van der Waals surface area contributed by atoms with Gasteiger partial charge in [-0.15, -0.1) is 0 Å². The topological polar surface area (TPSA) is 83.1 Å². The molecule has 0 radical (unpaired) electrons. The Kier molecular flexibility index (Phi) is 16.3. The predicted molar refractivity (Wildman–Crippen MR) is 166 cm³/mol. The van der Waals surface area contributed by atoms with Crippen LogP contribution in [0.25, 0.3) is 0 Å². The Morgan fingerprint density at radius 3 is 0.953 bits per heavy atom. The van der Waals surface area contributed by atoms with Crippen LogP contribution in [-0.4, -0.2) is 65.2 Å². The maximum absolute atomic E-state index is 6.38. The average molecular weight is 658 g/mol. The Hall–Kier alpha value is -2.25. The number of rotatable bonds is 21. The van der Waals surface area contributed by atoms with E-state index in [1.54, 1.807) is 21.3 Å². The second kappa shape index (κ2) is 19.9.